The minimum atomic E-state index is -4.55. The minimum Gasteiger partial charge on any atom is -0.756 e. The number of aliphatic hydroxyl groups excluding tert-OH is 1. The van der Waals surface area contributed by atoms with E-state index in [1.54, 1.807) is 0 Å². The van der Waals surface area contributed by atoms with Crippen molar-refractivity contribution in [2.24, 2.45) is 0 Å². The fourth-order valence-corrected chi connectivity index (χ4v) is 6.03. The second-order valence-electron chi connectivity index (χ2n) is 14.3. The molecule has 0 aromatic carbocycles. The van der Waals surface area contributed by atoms with Gasteiger partial charge in [0, 0.05) is 6.42 Å². The predicted octanol–water partition coefficient (Wildman–Crippen LogP) is 9.16. The molecule has 2 N–H and O–H groups in total. The maximum atomic E-state index is 12.8. The van der Waals surface area contributed by atoms with Crippen molar-refractivity contribution in [2.45, 2.75) is 174 Å². The van der Waals surface area contributed by atoms with E-state index in [1.807, 2.05) is 21.1 Å². The number of likely N-dealkylation sites (N-methyl/N-ethyl adjacent to an activating group) is 1. The van der Waals surface area contributed by atoms with E-state index in [1.165, 1.54) is 70.6 Å². The highest BCUT2D eigenvalue weighted by atomic mass is 31.2. The molecule has 0 aliphatic carbocycles. The molecule has 9 heteroatoms. The van der Waals surface area contributed by atoms with E-state index in [4.69, 9.17) is 9.05 Å². The van der Waals surface area contributed by atoms with E-state index >= 15 is 0 Å². The second kappa shape index (κ2) is 31.0. The maximum Gasteiger partial charge on any atom is 0.268 e. The number of rotatable bonds is 34. The summed E-state index contributed by atoms with van der Waals surface area (Å²) in [6, 6.07) is -0.802. The van der Waals surface area contributed by atoms with Gasteiger partial charge in [0.15, 0.2) is 0 Å². The molecular formula is C38H75N2O6P. The molecule has 0 aromatic heterocycles. The van der Waals surface area contributed by atoms with Gasteiger partial charge in [0.1, 0.15) is 13.2 Å². The lowest BCUT2D eigenvalue weighted by atomic mass is 10.0. The van der Waals surface area contributed by atoms with Crippen molar-refractivity contribution in [1.29, 1.82) is 0 Å². The zero-order chi connectivity index (χ0) is 35.1. The number of carbonyl (C=O) groups excluding carboxylic acids is 1. The fourth-order valence-electron chi connectivity index (χ4n) is 5.30. The van der Waals surface area contributed by atoms with Crippen LogP contribution in [0.4, 0.5) is 0 Å². The summed E-state index contributed by atoms with van der Waals surface area (Å²) in [6.07, 6.45) is 33.2. The summed E-state index contributed by atoms with van der Waals surface area (Å²) >= 11 is 0. The van der Waals surface area contributed by atoms with E-state index < -0.39 is 20.0 Å². The molecule has 47 heavy (non-hydrogen) atoms. The van der Waals surface area contributed by atoms with Gasteiger partial charge < -0.3 is 28.8 Å². The van der Waals surface area contributed by atoms with Crippen molar-refractivity contribution in [2.75, 3.05) is 40.9 Å². The summed E-state index contributed by atoms with van der Waals surface area (Å²) in [5.41, 5.74) is 0. The van der Waals surface area contributed by atoms with Crippen LogP contribution in [0.1, 0.15) is 162 Å². The number of nitrogens with one attached hydrogen (secondary N) is 1. The number of phosphoric acid groups is 1. The maximum absolute atomic E-state index is 12.8. The Morgan fingerprint density at radius 3 is 1.79 bits per heavy atom. The first kappa shape index (κ1) is 46.0. The van der Waals surface area contributed by atoms with Crippen LogP contribution < -0.4 is 10.2 Å². The van der Waals surface area contributed by atoms with Crippen molar-refractivity contribution in [3.63, 3.8) is 0 Å². The number of hydrogen-bond acceptors (Lipinski definition) is 6. The Labute approximate surface area is 290 Å². The van der Waals surface area contributed by atoms with Crippen LogP contribution >= 0.6 is 7.82 Å². The number of nitrogens with zero attached hydrogens (tertiary/aromatic N) is 1. The molecule has 0 saturated carbocycles. The summed E-state index contributed by atoms with van der Waals surface area (Å²) in [7, 11) is 1.29. The lowest BCUT2D eigenvalue weighted by Crippen LogP contribution is -2.46. The molecule has 0 heterocycles. The Hall–Kier alpha value is -1.02. The van der Waals surface area contributed by atoms with Crippen molar-refractivity contribution >= 4 is 13.7 Å². The first-order valence-corrected chi connectivity index (χ1v) is 20.6. The summed E-state index contributed by atoms with van der Waals surface area (Å²) in [4.78, 5) is 25.1. The number of aliphatic hydroxyl groups is 1. The zero-order valence-electron chi connectivity index (χ0n) is 31.2. The molecule has 8 nitrogen and oxygen atoms in total. The standard InChI is InChI=1S/C38H75N2O6P/c1-6-8-10-12-14-16-17-18-19-20-21-22-24-26-28-30-32-38(42)39-36(35-46-47(43,44)45-34-33-40(3,4)5)37(41)31-29-27-25-23-15-13-11-9-7-2/h16-17,19-20,36-37,41H,6-15,18,21-35H2,1-5H3,(H-,39,42,43,44)/b17-16-,20-19-. The molecule has 3 atom stereocenters. The molecule has 0 fully saturated rings. The molecule has 0 spiro atoms. The summed E-state index contributed by atoms with van der Waals surface area (Å²) in [5, 5.41) is 13.8. The highest BCUT2D eigenvalue weighted by Gasteiger charge is 2.24. The van der Waals surface area contributed by atoms with Crippen molar-refractivity contribution in [3.05, 3.63) is 24.3 Å². The van der Waals surface area contributed by atoms with Crippen LogP contribution in [-0.2, 0) is 18.4 Å². The predicted molar refractivity (Wildman–Crippen MR) is 196 cm³/mol. The molecular weight excluding hydrogens is 611 g/mol. The molecule has 0 aliphatic rings. The molecule has 1 amide bonds. The quantitative estimate of drug-likeness (QED) is 0.0303. The second-order valence-corrected chi connectivity index (χ2v) is 15.7. The third-order valence-electron chi connectivity index (χ3n) is 8.44. The van der Waals surface area contributed by atoms with E-state index in [9.17, 15) is 19.4 Å². The van der Waals surface area contributed by atoms with Crippen molar-refractivity contribution < 1.29 is 32.9 Å². The van der Waals surface area contributed by atoms with Gasteiger partial charge in [-0.1, -0.05) is 134 Å². The van der Waals surface area contributed by atoms with E-state index in [-0.39, 0.29) is 19.1 Å². The topological polar surface area (TPSA) is 108 Å². The number of amides is 1. The average molecular weight is 687 g/mol. The molecule has 0 radical (unpaired) electrons. The zero-order valence-corrected chi connectivity index (χ0v) is 32.1. The van der Waals surface area contributed by atoms with Gasteiger partial charge in [0.2, 0.25) is 5.91 Å². The molecule has 0 aliphatic heterocycles. The smallest absolute Gasteiger partial charge is 0.268 e. The molecule has 0 bridgehead atoms. The lowest BCUT2D eigenvalue weighted by molar-refractivity contribution is -0.870. The van der Waals surface area contributed by atoms with Gasteiger partial charge in [-0.25, -0.2) is 0 Å². The van der Waals surface area contributed by atoms with Gasteiger partial charge in [-0.05, 0) is 44.9 Å². The van der Waals surface area contributed by atoms with Gasteiger partial charge >= 0.3 is 0 Å². The van der Waals surface area contributed by atoms with Crippen LogP contribution in [0, 0.1) is 0 Å². The van der Waals surface area contributed by atoms with Crippen LogP contribution in [-0.4, -0.2) is 68.5 Å². The van der Waals surface area contributed by atoms with Gasteiger partial charge in [-0.3, -0.25) is 9.36 Å². The number of allylic oxidation sites excluding steroid dienone is 4. The number of carbonyl (C=O) groups is 1. The SMILES string of the molecule is CCCCCC/C=C\C/C=C\CCCCCCCC(=O)NC(COP(=O)([O-])OCC[N+](C)(C)C)C(O)CCCCCCCCCCC. The first-order valence-electron chi connectivity index (χ1n) is 19.2. The molecule has 0 rings (SSSR count). The number of unbranched alkanes of at least 4 members (excludes halogenated alkanes) is 17. The third-order valence-corrected chi connectivity index (χ3v) is 9.41. The minimum absolute atomic E-state index is 0.00911. The Balaban J connectivity index is 4.44. The monoisotopic (exact) mass is 687 g/mol. The van der Waals surface area contributed by atoms with Gasteiger partial charge in [-0.15, -0.1) is 0 Å². The average Bonchev–Trinajstić information content (AvgIpc) is 3.01. The fraction of sp³-hybridized carbons (Fsp3) is 0.868. The Morgan fingerprint density at radius 1 is 0.745 bits per heavy atom. The molecule has 0 aromatic rings. The Morgan fingerprint density at radius 2 is 1.23 bits per heavy atom. The number of hydrogen-bond donors (Lipinski definition) is 2. The normalized spacial score (nSPS) is 15.0. The van der Waals surface area contributed by atoms with E-state index in [0.717, 1.165) is 64.2 Å². The van der Waals surface area contributed by atoms with Gasteiger partial charge in [0.05, 0.1) is 39.9 Å². The van der Waals surface area contributed by atoms with Crippen LogP contribution in [0.25, 0.3) is 0 Å². The molecule has 3 unspecified atom stereocenters. The van der Waals surface area contributed by atoms with Gasteiger partial charge in [0.25, 0.3) is 7.82 Å². The van der Waals surface area contributed by atoms with Crippen molar-refractivity contribution in [3.8, 4) is 0 Å². The van der Waals surface area contributed by atoms with Crippen LogP contribution in [0.2, 0.25) is 0 Å². The third kappa shape index (κ3) is 33.3. The van der Waals surface area contributed by atoms with Crippen LogP contribution in [0.15, 0.2) is 24.3 Å². The number of quaternary nitrogens is 1. The van der Waals surface area contributed by atoms with Crippen LogP contribution in [0.5, 0.6) is 0 Å². The van der Waals surface area contributed by atoms with E-state index in [2.05, 4.69) is 43.5 Å². The molecule has 0 saturated heterocycles. The Kier molecular flexibility index (Phi) is 30.3. The largest absolute Gasteiger partial charge is 0.756 e. The summed E-state index contributed by atoms with van der Waals surface area (Å²) < 4.78 is 23.1. The Bertz CT molecular complexity index is 829. The highest BCUT2D eigenvalue weighted by Crippen LogP contribution is 2.38. The molecule has 278 valence electrons. The lowest BCUT2D eigenvalue weighted by Gasteiger charge is -2.30. The van der Waals surface area contributed by atoms with E-state index in [0.29, 0.717) is 23.9 Å². The van der Waals surface area contributed by atoms with Crippen LogP contribution in [0.3, 0.4) is 0 Å². The van der Waals surface area contributed by atoms with Crippen molar-refractivity contribution in [1.82, 2.24) is 5.32 Å². The highest BCUT2D eigenvalue weighted by molar-refractivity contribution is 7.45. The first-order chi connectivity index (χ1) is 22.5. The summed E-state index contributed by atoms with van der Waals surface area (Å²) in [5.74, 6) is -0.183. The summed E-state index contributed by atoms with van der Waals surface area (Å²) in [6.45, 7) is 4.64. The number of phosphoric ester groups is 1. The van der Waals surface area contributed by atoms with Gasteiger partial charge in [-0.2, -0.15) is 0 Å².